The van der Waals surface area contributed by atoms with Gasteiger partial charge >= 0.3 is 0 Å². The Morgan fingerprint density at radius 3 is 2.87 bits per heavy atom. The molecule has 2 aliphatic rings. The summed E-state index contributed by atoms with van der Waals surface area (Å²) in [6, 6.07) is 0.430. The van der Waals surface area contributed by atoms with Crippen molar-refractivity contribution in [3.05, 3.63) is 22.2 Å². The molecular formula is C11H14BrN3. The molecule has 0 aromatic carbocycles. The van der Waals surface area contributed by atoms with E-state index in [2.05, 4.69) is 26.2 Å². The van der Waals surface area contributed by atoms with E-state index in [-0.39, 0.29) is 0 Å². The summed E-state index contributed by atoms with van der Waals surface area (Å²) >= 11 is 3.54. The largest absolute Gasteiger partial charge is 0.309 e. The van der Waals surface area contributed by atoms with Crippen LogP contribution in [0, 0.1) is 0 Å². The molecule has 1 aromatic rings. The molecule has 2 heterocycles. The second-order valence-electron chi connectivity index (χ2n) is 4.38. The first-order valence-corrected chi connectivity index (χ1v) is 6.39. The van der Waals surface area contributed by atoms with Gasteiger partial charge in [0.25, 0.3) is 0 Å². The number of aromatic nitrogens is 2. The molecule has 0 radical (unpaired) electrons. The maximum Gasteiger partial charge on any atom is 0.131 e. The van der Waals surface area contributed by atoms with Crippen molar-refractivity contribution < 1.29 is 0 Å². The first kappa shape index (κ1) is 9.73. The highest BCUT2D eigenvalue weighted by molar-refractivity contribution is 9.10. The number of nitrogens with zero attached hydrogens (tertiary/aromatic N) is 2. The molecule has 15 heavy (non-hydrogen) atoms. The van der Waals surface area contributed by atoms with E-state index in [0.717, 1.165) is 22.5 Å². The summed E-state index contributed by atoms with van der Waals surface area (Å²) in [6.07, 6.45) is 6.88. The van der Waals surface area contributed by atoms with Gasteiger partial charge in [-0.2, -0.15) is 0 Å². The molecule has 2 fully saturated rings. The van der Waals surface area contributed by atoms with E-state index < -0.39 is 0 Å². The summed E-state index contributed by atoms with van der Waals surface area (Å²) in [7, 11) is 0. The summed E-state index contributed by atoms with van der Waals surface area (Å²) in [6.45, 7) is 1.11. The van der Waals surface area contributed by atoms with E-state index in [1.807, 2.05) is 6.20 Å². The monoisotopic (exact) mass is 267 g/mol. The molecule has 1 aliphatic heterocycles. The molecule has 4 heteroatoms. The van der Waals surface area contributed by atoms with E-state index in [1.54, 1.807) is 0 Å². The van der Waals surface area contributed by atoms with Gasteiger partial charge in [-0.3, -0.25) is 0 Å². The molecule has 1 atom stereocenters. The van der Waals surface area contributed by atoms with Gasteiger partial charge in [-0.25, -0.2) is 9.97 Å². The summed E-state index contributed by atoms with van der Waals surface area (Å²) in [5, 5.41) is 3.48. The second kappa shape index (κ2) is 3.83. The van der Waals surface area contributed by atoms with Crippen LogP contribution in [0.3, 0.4) is 0 Å². The van der Waals surface area contributed by atoms with Crippen LogP contribution >= 0.6 is 15.9 Å². The molecule has 0 bridgehead atoms. The molecule has 0 spiro atoms. The van der Waals surface area contributed by atoms with Gasteiger partial charge in [-0.15, -0.1) is 0 Å². The molecule has 1 aliphatic carbocycles. The highest BCUT2D eigenvalue weighted by atomic mass is 79.9. The molecule has 1 saturated carbocycles. The van der Waals surface area contributed by atoms with Gasteiger partial charge in [0.2, 0.25) is 0 Å². The van der Waals surface area contributed by atoms with E-state index in [1.165, 1.54) is 25.7 Å². The summed E-state index contributed by atoms with van der Waals surface area (Å²) < 4.78 is 1.05. The highest BCUT2D eigenvalue weighted by Gasteiger charge is 2.28. The van der Waals surface area contributed by atoms with Gasteiger partial charge in [0, 0.05) is 12.1 Å². The lowest BCUT2D eigenvalue weighted by Gasteiger charge is -2.12. The Morgan fingerprint density at radius 2 is 2.20 bits per heavy atom. The minimum absolute atomic E-state index is 0.430. The molecule has 80 valence electrons. The Hall–Kier alpha value is -0.480. The Balaban J connectivity index is 1.93. The summed E-state index contributed by atoms with van der Waals surface area (Å²) in [5.74, 6) is 1.68. The fourth-order valence-electron chi connectivity index (χ4n) is 2.10. The zero-order chi connectivity index (χ0) is 10.3. The van der Waals surface area contributed by atoms with Gasteiger partial charge in [-0.1, -0.05) is 0 Å². The topological polar surface area (TPSA) is 37.8 Å². The Morgan fingerprint density at radius 1 is 1.33 bits per heavy atom. The van der Waals surface area contributed by atoms with Gasteiger partial charge in [0.1, 0.15) is 5.82 Å². The summed E-state index contributed by atoms with van der Waals surface area (Å²) in [4.78, 5) is 9.08. The van der Waals surface area contributed by atoms with Crippen molar-refractivity contribution in [1.82, 2.24) is 15.3 Å². The lowest BCUT2D eigenvalue weighted by atomic mass is 10.1. The second-order valence-corrected chi connectivity index (χ2v) is 5.24. The van der Waals surface area contributed by atoms with Crippen LogP contribution in [0.1, 0.15) is 49.2 Å². The molecule has 3 rings (SSSR count). The maximum absolute atomic E-state index is 4.70. The minimum Gasteiger partial charge on any atom is -0.309 e. The molecular weight excluding hydrogens is 254 g/mol. The van der Waals surface area contributed by atoms with Crippen molar-refractivity contribution in [3.63, 3.8) is 0 Å². The Labute approximate surface area is 97.8 Å². The average molecular weight is 268 g/mol. The molecule has 0 amide bonds. The van der Waals surface area contributed by atoms with Crippen molar-refractivity contribution in [2.75, 3.05) is 6.54 Å². The number of rotatable bonds is 2. The number of hydrogen-bond acceptors (Lipinski definition) is 3. The predicted octanol–water partition coefficient (Wildman–Crippen LogP) is 2.54. The van der Waals surface area contributed by atoms with Crippen LogP contribution in [-0.2, 0) is 0 Å². The van der Waals surface area contributed by atoms with Crippen LogP contribution in [0.5, 0.6) is 0 Å². The maximum atomic E-state index is 4.70. The summed E-state index contributed by atoms with van der Waals surface area (Å²) in [5.41, 5.74) is 1.16. The van der Waals surface area contributed by atoms with Gasteiger partial charge in [0.05, 0.1) is 16.2 Å². The zero-order valence-corrected chi connectivity index (χ0v) is 10.1. The van der Waals surface area contributed by atoms with Crippen LogP contribution in [0.4, 0.5) is 0 Å². The average Bonchev–Trinajstić information content (AvgIpc) is 2.95. The standard InChI is InChI=1S/C11H14BrN3/c12-8-6-14-11(7-3-4-7)15-10(8)9-2-1-5-13-9/h6-7,9,13H,1-5H2. The lowest BCUT2D eigenvalue weighted by molar-refractivity contribution is 0.616. The number of hydrogen-bond donors (Lipinski definition) is 1. The fourth-order valence-corrected chi connectivity index (χ4v) is 2.56. The molecule has 1 saturated heterocycles. The van der Waals surface area contributed by atoms with Gasteiger partial charge in [-0.05, 0) is 48.2 Å². The van der Waals surface area contributed by atoms with Crippen LogP contribution in [0.15, 0.2) is 10.7 Å². The van der Waals surface area contributed by atoms with Crippen molar-refractivity contribution in [3.8, 4) is 0 Å². The Bertz CT molecular complexity index is 370. The van der Waals surface area contributed by atoms with Crippen LogP contribution in [-0.4, -0.2) is 16.5 Å². The van der Waals surface area contributed by atoms with Crippen LogP contribution in [0.2, 0.25) is 0 Å². The van der Waals surface area contributed by atoms with E-state index >= 15 is 0 Å². The third kappa shape index (κ3) is 1.93. The predicted molar refractivity (Wildman–Crippen MR) is 61.7 cm³/mol. The molecule has 1 aromatic heterocycles. The third-order valence-electron chi connectivity index (χ3n) is 3.12. The van der Waals surface area contributed by atoms with Gasteiger partial charge < -0.3 is 5.32 Å². The fraction of sp³-hybridized carbons (Fsp3) is 0.636. The molecule has 1 N–H and O–H groups in total. The highest BCUT2D eigenvalue weighted by Crippen LogP contribution is 2.39. The van der Waals surface area contributed by atoms with E-state index in [4.69, 9.17) is 4.98 Å². The third-order valence-corrected chi connectivity index (χ3v) is 3.73. The van der Waals surface area contributed by atoms with Crippen molar-refractivity contribution >= 4 is 15.9 Å². The SMILES string of the molecule is Brc1cnc(C2CC2)nc1C1CCCN1. The molecule has 1 unspecified atom stereocenters. The number of halogens is 1. The zero-order valence-electron chi connectivity index (χ0n) is 8.54. The number of nitrogens with one attached hydrogen (secondary N) is 1. The van der Waals surface area contributed by atoms with Crippen LogP contribution in [0.25, 0.3) is 0 Å². The van der Waals surface area contributed by atoms with Crippen molar-refractivity contribution in [2.24, 2.45) is 0 Å². The van der Waals surface area contributed by atoms with Gasteiger partial charge in [0.15, 0.2) is 0 Å². The van der Waals surface area contributed by atoms with E-state index in [0.29, 0.717) is 12.0 Å². The molecule has 3 nitrogen and oxygen atoms in total. The van der Waals surface area contributed by atoms with Crippen molar-refractivity contribution in [2.45, 2.75) is 37.6 Å². The minimum atomic E-state index is 0.430. The first-order valence-electron chi connectivity index (χ1n) is 5.60. The smallest absolute Gasteiger partial charge is 0.131 e. The normalized spacial score (nSPS) is 25.8. The quantitative estimate of drug-likeness (QED) is 0.895. The Kier molecular flexibility index (Phi) is 2.48. The first-order chi connectivity index (χ1) is 7.34. The van der Waals surface area contributed by atoms with E-state index in [9.17, 15) is 0 Å². The van der Waals surface area contributed by atoms with Crippen LogP contribution < -0.4 is 5.32 Å². The lowest BCUT2D eigenvalue weighted by Crippen LogP contribution is -2.16. The van der Waals surface area contributed by atoms with Crippen molar-refractivity contribution in [1.29, 1.82) is 0 Å².